The lowest BCUT2D eigenvalue weighted by molar-refractivity contribution is -0.118. The summed E-state index contributed by atoms with van der Waals surface area (Å²) in [5, 5.41) is 3.97. The zero-order chi connectivity index (χ0) is 22.2. The van der Waals surface area contributed by atoms with Crippen molar-refractivity contribution in [3.05, 3.63) is 53.3 Å². The van der Waals surface area contributed by atoms with Crippen LogP contribution in [0.15, 0.2) is 45.8 Å². The van der Waals surface area contributed by atoms with E-state index in [1.54, 1.807) is 17.4 Å². The van der Waals surface area contributed by atoms with Crippen LogP contribution < -0.4 is 10.3 Å². The van der Waals surface area contributed by atoms with Crippen LogP contribution in [0.25, 0.3) is 10.2 Å². The molecule has 2 heterocycles. The third-order valence-corrected chi connectivity index (χ3v) is 7.93. The van der Waals surface area contributed by atoms with Crippen LogP contribution >= 0.6 is 23.1 Å². The van der Waals surface area contributed by atoms with Crippen LogP contribution in [0.3, 0.4) is 0 Å². The molecule has 1 aliphatic rings. The molecule has 4 rings (SSSR count). The van der Waals surface area contributed by atoms with Gasteiger partial charge in [0, 0.05) is 23.8 Å². The van der Waals surface area contributed by atoms with Gasteiger partial charge in [-0.3, -0.25) is 4.79 Å². The Morgan fingerprint density at radius 2 is 2.19 bits per heavy atom. The molecule has 3 aromatic rings. The summed E-state index contributed by atoms with van der Waals surface area (Å²) in [6, 6.07) is 11.3. The minimum atomic E-state index is -0.350. The first-order chi connectivity index (χ1) is 14.7. The Hall–Kier alpha value is -2.45. The zero-order valence-electron chi connectivity index (χ0n) is 18.0. The highest BCUT2D eigenvalue weighted by Gasteiger charge is 2.34. The van der Waals surface area contributed by atoms with Gasteiger partial charge in [0.25, 0.3) is 5.91 Å². The van der Waals surface area contributed by atoms with E-state index in [-0.39, 0.29) is 23.0 Å². The standard InChI is InChI=1S/C23H25FN4OS2/c1-14-11-23(2,3)28(4)19-10-17(24)15(9-16(14)19)12-25-27-21(29)13-30-22-26-18-7-5-6-8-20(18)31-22/h5-10,12,14H,11,13H2,1-4H3,(H,27,29)/b25-12+. The number of hydrogen-bond acceptors (Lipinski definition) is 6. The van der Waals surface area contributed by atoms with Crippen LogP contribution in [0.1, 0.15) is 44.2 Å². The first-order valence-electron chi connectivity index (χ1n) is 10.1. The van der Waals surface area contributed by atoms with E-state index in [1.165, 1.54) is 18.0 Å². The van der Waals surface area contributed by atoms with Gasteiger partial charge in [-0.25, -0.2) is 14.8 Å². The molecule has 1 atom stereocenters. The van der Waals surface area contributed by atoms with Crippen molar-refractivity contribution in [2.45, 2.75) is 43.0 Å². The van der Waals surface area contributed by atoms with Gasteiger partial charge in [0.2, 0.25) is 0 Å². The maximum absolute atomic E-state index is 14.7. The predicted octanol–water partition coefficient (Wildman–Crippen LogP) is 5.40. The van der Waals surface area contributed by atoms with Gasteiger partial charge in [0.1, 0.15) is 5.82 Å². The van der Waals surface area contributed by atoms with Gasteiger partial charge >= 0.3 is 0 Å². The number of nitrogens with one attached hydrogen (secondary N) is 1. The number of carbonyl (C=O) groups is 1. The topological polar surface area (TPSA) is 57.6 Å². The lowest BCUT2D eigenvalue weighted by atomic mass is 9.80. The number of para-hydroxylation sites is 1. The second-order valence-corrected chi connectivity index (χ2v) is 10.7. The van der Waals surface area contributed by atoms with Gasteiger partial charge in [0.15, 0.2) is 4.34 Å². The molecule has 0 bridgehead atoms. The van der Waals surface area contributed by atoms with E-state index in [2.05, 4.69) is 41.2 Å². The second kappa shape index (κ2) is 8.59. The highest BCUT2D eigenvalue weighted by Crippen LogP contribution is 2.43. The highest BCUT2D eigenvalue weighted by molar-refractivity contribution is 8.01. The number of hydrogen-bond donors (Lipinski definition) is 1. The van der Waals surface area contributed by atoms with E-state index in [4.69, 9.17) is 0 Å². The Kier molecular flexibility index (Phi) is 6.03. The Bertz CT molecular complexity index is 1120. The molecule has 31 heavy (non-hydrogen) atoms. The summed E-state index contributed by atoms with van der Waals surface area (Å²) < 4.78 is 16.6. The summed E-state index contributed by atoms with van der Waals surface area (Å²) >= 11 is 2.92. The molecule has 0 saturated heterocycles. The van der Waals surface area contributed by atoms with Crippen LogP contribution in [0.2, 0.25) is 0 Å². The molecule has 0 fully saturated rings. The molecule has 162 valence electrons. The second-order valence-electron chi connectivity index (χ2n) is 8.44. The SMILES string of the molecule is CC1CC(C)(C)N(C)c2cc(F)c(/C=N/NC(=O)CSc3nc4ccccc4s3)cc21. The Balaban J connectivity index is 1.39. The van der Waals surface area contributed by atoms with Gasteiger partial charge in [-0.1, -0.05) is 30.8 Å². The first-order valence-corrected chi connectivity index (χ1v) is 11.9. The third-order valence-electron chi connectivity index (χ3n) is 5.75. The molecule has 1 aromatic heterocycles. The summed E-state index contributed by atoms with van der Waals surface area (Å²) in [5.74, 6) is -0.0966. The summed E-state index contributed by atoms with van der Waals surface area (Å²) in [7, 11) is 2.00. The van der Waals surface area contributed by atoms with Crippen LogP contribution in [0, 0.1) is 5.82 Å². The van der Waals surface area contributed by atoms with Crippen molar-refractivity contribution in [2.75, 3.05) is 17.7 Å². The Morgan fingerprint density at radius 1 is 1.42 bits per heavy atom. The van der Waals surface area contributed by atoms with Crippen molar-refractivity contribution in [2.24, 2.45) is 5.10 Å². The fourth-order valence-electron chi connectivity index (χ4n) is 3.95. The third kappa shape index (κ3) is 4.60. The molecule has 5 nitrogen and oxygen atoms in total. The molecule has 0 radical (unpaired) electrons. The maximum atomic E-state index is 14.7. The molecule has 8 heteroatoms. The molecule has 0 saturated carbocycles. The van der Waals surface area contributed by atoms with Crippen molar-refractivity contribution in [1.82, 2.24) is 10.4 Å². The molecule has 0 spiro atoms. The number of amides is 1. The monoisotopic (exact) mass is 456 g/mol. The van der Waals surface area contributed by atoms with E-state index >= 15 is 0 Å². The van der Waals surface area contributed by atoms with E-state index in [0.717, 1.165) is 32.2 Å². The number of nitrogens with zero attached hydrogens (tertiary/aromatic N) is 3. The van der Waals surface area contributed by atoms with E-state index in [1.807, 2.05) is 37.4 Å². The molecule has 1 unspecified atom stereocenters. The zero-order valence-corrected chi connectivity index (χ0v) is 19.6. The lowest BCUT2D eigenvalue weighted by Gasteiger charge is -2.45. The number of fused-ring (bicyclic) bond motifs is 2. The van der Waals surface area contributed by atoms with Crippen LogP contribution in [-0.2, 0) is 4.79 Å². The fraction of sp³-hybridized carbons (Fsp3) is 0.348. The van der Waals surface area contributed by atoms with Gasteiger partial charge in [-0.15, -0.1) is 11.3 Å². The quantitative estimate of drug-likeness (QED) is 0.317. The van der Waals surface area contributed by atoms with Crippen molar-refractivity contribution in [3.8, 4) is 0 Å². The van der Waals surface area contributed by atoms with Crippen LogP contribution in [0.4, 0.5) is 10.1 Å². The molecule has 1 aliphatic heterocycles. The number of thiazole rings is 1. The minimum absolute atomic E-state index is 0.0244. The van der Waals surface area contributed by atoms with E-state index < -0.39 is 0 Å². The average Bonchev–Trinajstić information content (AvgIpc) is 3.14. The van der Waals surface area contributed by atoms with Crippen LogP contribution in [0.5, 0.6) is 0 Å². The Morgan fingerprint density at radius 3 is 2.97 bits per heavy atom. The fourth-order valence-corrected chi connectivity index (χ4v) is 5.81. The number of aromatic nitrogens is 1. The van der Waals surface area contributed by atoms with Crippen molar-refractivity contribution >= 4 is 51.1 Å². The largest absolute Gasteiger partial charge is 0.369 e. The normalized spacial score (nSPS) is 17.8. The number of rotatable bonds is 5. The molecule has 2 aromatic carbocycles. The number of thioether (sulfide) groups is 1. The molecular formula is C23H25FN4OS2. The van der Waals surface area contributed by atoms with Crippen molar-refractivity contribution in [1.29, 1.82) is 0 Å². The molecule has 1 N–H and O–H groups in total. The lowest BCUT2D eigenvalue weighted by Crippen LogP contribution is -2.45. The number of halogens is 1. The summed E-state index contributed by atoms with van der Waals surface area (Å²) in [5.41, 5.74) is 5.77. The summed E-state index contributed by atoms with van der Waals surface area (Å²) in [6.45, 7) is 6.50. The smallest absolute Gasteiger partial charge is 0.250 e. The first kappa shape index (κ1) is 21.8. The number of anilines is 1. The number of carbonyl (C=O) groups excluding carboxylic acids is 1. The highest BCUT2D eigenvalue weighted by atomic mass is 32.2. The predicted molar refractivity (Wildman–Crippen MR) is 128 cm³/mol. The molecule has 0 aliphatic carbocycles. The summed E-state index contributed by atoms with van der Waals surface area (Å²) in [6.07, 6.45) is 2.36. The average molecular weight is 457 g/mol. The van der Waals surface area contributed by atoms with Gasteiger partial charge < -0.3 is 4.90 Å². The molecular weight excluding hydrogens is 431 g/mol. The van der Waals surface area contributed by atoms with E-state index in [0.29, 0.717) is 11.5 Å². The van der Waals surface area contributed by atoms with Crippen molar-refractivity contribution < 1.29 is 9.18 Å². The summed E-state index contributed by atoms with van der Waals surface area (Å²) in [4.78, 5) is 18.8. The van der Waals surface area contributed by atoms with E-state index in [9.17, 15) is 9.18 Å². The maximum Gasteiger partial charge on any atom is 0.250 e. The van der Waals surface area contributed by atoms with Crippen LogP contribution in [-0.4, -0.2) is 35.4 Å². The van der Waals surface area contributed by atoms with Crippen molar-refractivity contribution in [3.63, 3.8) is 0 Å². The van der Waals surface area contributed by atoms with Gasteiger partial charge in [0.05, 0.1) is 22.2 Å². The van der Waals surface area contributed by atoms with Gasteiger partial charge in [-0.2, -0.15) is 5.10 Å². The minimum Gasteiger partial charge on any atom is -0.369 e. The van der Waals surface area contributed by atoms with Gasteiger partial charge in [-0.05, 0) is 56.0 Å². The Labute approximate surface area is 189 Å². The molecule has 1 amide bonds. The number of benzene rings is 2. The number of hydrazone groups is 1.